The summed E-state index contributed by atoms with van der Waals surface area (Å²) < 4.78 is 1.49. The molecule has 0 saturated carbocycles. The van der Waals surface area contributed by atoms with Crippen molar-refractivity contribution in [1.29, 1.82) is 0 Å². The Morgan fingerprint density at radius 2 is 1.74 bits per heavy atom. The second kappa shape index (κ2) is 8.59. The minimum Gasteiger partial charge on any atom is -0.503 e. The lowest BCUT2D eigenvalue weighted by atomic mass is 10.2. The quantitative estimate of drug-likeness (QED) is 0.852. The van der Waals surface area contributed by atoms with Crippen molar-refractivity contribution >= 4 is 17.5 Å². The summed E-state index contributed by atoms with van der Waals surface area (Å²) >= 11 is 5.88. The van der Waals surface area contributed by atoms with Gasteiger partial charge in [-0.05, 0) is 23.8 Å². The number of benzene rings is 1. The first-order valence-corrected chi connectivity index (χ1v) is 9.51. The molecule has 3 rings (SSSR count). The average molecular weight is 390 g/mol. The number of carbonyl (C=O) groups excluding carboxylic acids is 1. The first kappa shape index (κ1) is 19.5. The number of aromatic nitrogens is 1. The van der Waals surface area contributed by atoms with Crippen molar-refractivity contribution in [2.45, 2.75) is 26.4 Å². The molecule has 0 atom stereocenters. The summed E-state index contributed by atoms with van der Waals surface area (Å²) in [5.74, 6) is -0.0409. The highest BCUT2D eigenvalue weighted by atomic mass is 35.5. The average Bonchev–Trinajstić information content (AvgIpc) is 2.69. The Kier molecular flexibility index (Phi) is 6.19. The van der Waals surface area contributed by atoms with Gasteiger partial charge in [0.1, 0.15) is 0 Å². The number of carbonyl (C=O) groups is 1. The fraction of sp³-hybridized carbons (Fsp3) is 0.400. The lowest BCUT2D eigenvalue weighted by molar-refractivity contribution is -0.132. The van der Waals surface area contributed by atoms with Gasteiger partial charge in [-0.3, -0.25) is 14.5 Å². The van der Waals surface area contributed by atoms with Crippen LogP contribution in [0.2, 0.25) is 5.02 Å². The van der Waals surface area contributed by atoms with E-state index < -0.39 is 5.56 Å². The number of halogens is 1. The molecule has 7 heteroatoms. The molecule has 1 aliphatic heterocycles. The van der Waals surface area contributed by atoms with Crippen LogP contribution in [0.25, 0.3) is 0 Å². The Labute approximate surface area is 163 Å². The standard InChI is InChI=1S/C20H24ClN3O3/c1-2-18(25)23-11-9-22(10-12-23)14-16-7-8-24(20(27)19(16)26)13-15-3-5-17(21)6-4-15/h3-8,26H,2,9-14H2,1H3. The molecule has 0 aliphatic carbocycles. The Morgan fingerprint density at radius 1 is 1.07 bits per heavy atom. The molecular formula is C20H24ClN3O3. The van der Waals surface area contributed by atoms with E-state index in [1.165, 1.54) is 4.57 Å². The van der Waals surface area contributed by atoms with Crippen molar-refractivity contribution in [3.63, 3.8) is 0 Å². The maximum absolute atomic E-state index is 12.5. The van der Waals surface area contributed by atoms with Gasteiger partial charge in [-0.25, -0.2) is 0 Å². The minimum atomic E-state index is -0.401. The van der Waals surface area contributed by atoms with Crippen LogP contribution in [-0.4, -0.2) is 51.6 Å². The van der Waals surface area contributed by atoms with Gasteiger partial charge in [-0.15, -0.1) is 0 Å². The zero-order valence-electron chi connectivity index (χ0n) is 15.4. The number of amides is 1. The minimum absolute atomic E-state index is 0.169. The first-order valence-electron chi connectivity index (χ1n) is 9.13. The topological polar surface area (TPSA) is 65.8 Å². The van der Waals surface area contributed by atoms with Crippen LogP contribution in [0.4, 0.5) is 0 Å². The number of aromatic hydroxyl groups is 1. The maximum Gasteiger partial charge on any atom is 0.293 e. The molecule has 0 spiro atoms. The smallest absolute Gasteiger partial charge is 0.293 e. The molecular weight excluding hydrogens is 366 g/mol. The van der Waals surface area contributed by atoms with E-state index in [9.17, 15) is 14.7 Å². The number of rotatable bonds is 5. The van der Waals surface area contributed by atoms with E-state index in [1.54, 1.807) is 24.4 Å². The van der Waals surface area contributed by atoms with Crippen LogP contribution in [0.3, 0.4) is 0 Å². The van der Waals surface area contributed by atoms with Crippen molar-refractivity contribution in [1.82, 2.24) is 14.4 Å². The van der Waals surface area contributed by atoms with Crippen molar-refractivity contribution in [3.8, 4) is 5.75 Å². The summed E-state index contributed by atoms with van der Waals surface area (Å²) in [7, 11) is 0. The van der Waals surface area contributed by atoms with Gasteiger partial charge < -0.3 is 14.6 Å². The van der Waals surface area contributed by atoms with Crippen LogP contribution in [0.5, 0.6) is 5.75 Å². The molecule has 144 valence electrons. The third-order valence-corrected chi connectivity index (χ3v) is 5.16. The molecule has 1 aliphatic rings. The summed E-state index contributed by atoms with van der Waals surface area (Å²) in [6.45, 7) is 5.57. The van der Waals surface area contributed by atoms with E-state index in [0.717, 1.165) is 18.7 Å². The van der Waals surface area contributed by atoms with Crippen molar-refractivity contribution in [2.24, 2.45) is 0 Å². The highest BCUT2D eigenvalue weighted by Crippen LogP contribution is 2.16. The summed E-state index contributed by atoms with van der Waals surface area (Å²) in [5.41, 5.74) is 1.15. The molecule has 0 radical (unpaired) electrons. The molecule has 27 heavy (non-hydrogen) atoms. The summed E-state index contributed by atoms with van der Waals surface area (Å²) in [5, 5.41) is 11.0. The lowest BCUT2D eigenvalue weighted by Gasteiger charge is -2.34. The van der Waals surface area contributed by atoms with E-state index in [2.05, 4.69) is 4.90 Å². The molecule has 6 nitrogen and oxygen atoms in total. The number of pyridine rings is 1. The molecule has 1 saturated heterocycles. The third kappa shape index (κ3) is 4.70. The number of hydrogen-bond donors (Lipinski definition) is 1. The van der Waals surface area contributed by atoms with Gasteiger partial charge in [0.05, 0.1) is 6.54 Å². The van der Waals surface area contributed by atoms with Gasteiger partial charge >= 0.3 is 0 Å². The van der Waals surface area contributed by atoms with Gasteiger partial charge in [0, 0.05) is 55.9 Å². The van der Waals surface area contributed by atoms with Crippen molar-refractivity contribution < 1.29 is 9.90 Å². The summed E-state index contributed by atoms with van der Waals surface area (Å²) in [4.78, 5) is 28.3. The largest absolute Gasteiger partial charge is 0.503 e. The molecule has 1 aromatic carbocycles. The van der Waals surface area contributed by atoms with E-state index in [0.29, 0.717) is 43.2 Å². The first-order chi connectivity index (χ1) is 13.0. The van der Waals surface area contributed by atoms with Gasteiger partial charge in [0.25, 0.3) is 5.56 Å². The molecule has 1 N–H and O–H groups in total. The molecule has 1 amide bonds. The van der Waals surface area contributed by atoms with Crippen molar-refractivity contribution in [3.05, 3.63) is 63.0 Å². The van der Waals surface area contributed by atoms with Crippen LogP contribution in [0, 0.1) is 0 Å². The third-order valence-electron chi connectivity index (χ3n) is 4.91. The molecule has 0 bridgehead atoms. The maximum atomic E-state index is 12.5. The predicted molar refractivity (Wildman–Crippen MR) is 105 cm³/mol. The predicted octanol–water partition coefficient (Wildman–Crippen LogP) is 2.31. The van der Waals surface area contributed by atoms with Crippen LogP contribution in [0.15, 0.2) is 41.3 Å². The van der Waals surface area contributed by atoms with Crippen LogP contribution in [-0.2, 0) is 17.9 Å². The van der Waals surface area contributed by atoms with Crippen LogP contribution < -0.4 is 5.56 Å². The zero-order chi connectivity index (χ0) is 19.4. The number of piperazine rings is 1. The second-order valence-electron chi connectivity index (χ2n) is 6.76. The monoisotopic (exact) mass is 389 g/mol. The number of hydrogen-bond acceptors (Lipinski definition) is 4. The number of nitrogens with zero attached hydrogens (tertiary/aromatic N) is 3. The molecule has 0 unspecified atom stereocenters. The SMILES string of the molecule is CCC(=O)N1CCN(Cc2ccn(Cc3ccc(Cl)cc3)c(=O)c2O)CC1. The fourth-order valence-electron chi connectivity index (χ4n) is 3.26. The Morgan fingerprint density at radius 3 is 2.37 bits per heavy atom. The van der Waals surface area contributed by atoms with Gasteiger partial charge in [-0.2, -0.15) is 0 Å². The molecule has 1 aromatic heterocycles. The normalized spacial score (nSPS) is 15.1. The van der Waals surface area contributed by atoms with E-state index in [4.69, 9.17) is 11.6 Å². The summed E-state index contributed by atoms with van der Waals surface area (Å²) in [6, 6.07) is 9.06. The van der Waals surface area contributed by atoms with Crippen molar-refractivity contribution in [2.75, 3.05) is 26.2 Å². The lowest BCUT2D eigenvalue weighted by Crippen LogP contribution is -2.48. The van der Waals surface area contributed by atoms with E-state index >= 15 is 0 Å². The Balaban J connectivity index is 1.66. The highest BCUT2D eigenvalue weighted by molar-refractivity contribution is 6.30. The molecule has 2 heterocycles. The van der Waals surface area contributed by atoms with Crippen LogP contribution in [0.1, 0.15) is 24.5 Å². The highest BCUT2D eigenvalue weighted by Gasteiger charge is 2.21. The Hall–Kier alpha value is -2.31. The zero-order valence-corrected chi connectivity index (χ0v) is 16.2. The fourth-order valence-corrected chi connectivity index (χ4v) is 3.38. The van der Waals surface area contributed by atoms with E-state index in [-0.39, 0.29) is 11.7 Å². The van der Waals surface area contributed by atoms with Gasteiger partial charge in [0.15, 0.2) is 5.75 Å². The molecule has 2 aromatic rings. The Bertz CT molecular complexity index is 856. The molecule has 1 fully saturated rings. The van der Waals surface area contributed by atoms with Gasteiger partial charge in [-0.1, -0.05) is 30.7 Å². The van der Waals surface area contributed by atoms with E-state index in [1.807, 2.05) is 24.0 Å². The summed E-state index contributed by atoms with van der Waals surface area (Å²) in [6.07, 6.45) is 2.23. The van der Waals surface area contributed by atoms with Gasteiger partial charge in [0.2, 0.25) is 5.91 Å². The second-order valence-corrected chi connectivity index (χ2v) is 7.20. The van der Waals surface area contributed by atoms with Crippen LogP contribution >= 0.6 is 11.6 Å².